The van der Waals surface area contributed by atoms with E-state index in [9.17, 15) is 9.59 Å². The highest BCUT2D eigenvalue weighted by atomic mass is 16.5. The van der Waals surface area contributed by atoms with Crippen LogP contribution in [0.1, 0.15) is 11.1 Å². The van der Waals surface area contributed by atoms with Gasteiger partial charge < -0.3 is 4.74 Å². The molecule has 0 bridgehead atoms. The van der Waals surface area contributed by atoms with Crippen LogP contribution in [0.3, 0.4) is 0 Å². The molecule has 2 rings (SSSR count). The van der Waals surface area contributed by atoms with Gasteiger partial charge in [0.05, 0.1) is 7.11 Å². The number of ether oxygens (including phenoxy) is 1. The van der Waals surface area contributed by atoms with Crippen molar-refractivity contribution in [1.82, 2.24) is 0 Å². The zero-order valence-corrected chi connectivity index (χ0v) is 8.32. The number of ketones is 2. The molecule has 1 aromatic carbocycles. The molecule has 0 saturated heterocycles. The molecule has 1 aliphatic rings. The van der Waals surface area contributed by atoms with Crippen LogP contribution in [0.5, 0.6) is 5.75 Å². The first-order chi connectivity index (χ1) is 7.20. The lowest BCUT2D eigenvalue weighted by atomic mass is 10.0. The van der Waals surface area contributed by atoms with E-state index in [0.717, 1.165) is 16.9 Å². The van der Waals surface area contributed by atoms with Gasteiger partial charge in [0.1, 0.15) is 5.75 Å². The van der Waals surface area contributed by atoms with Gasteiger partial charge in [0.2, 0.25) is 11.6 Å². The van der Waals surface area contributed by atoms with Crippen LogP contribution in [0.25, 0.3) is 6.08 Å². The molecule has 0 N–H and O–H groups in total. The Morgan fingerprint density at radius 2 is 2.00 bits per heavy atom. The van der Waals surface area contributed by atoms with E-state index in [4.69, 9.17) is 4.74 Å². The van der Waals surface area contributed by atoms with Gasteiger partial charge in [0.25, 0.3) is 0 Å². The number of carbonyl (C=O) groups excluding carboxylic acids is 2. The lowest BCUT2D eigenvalue weighted by molar-refractivity contribution is -0.133. The lowest BCUT2D eigenvalue weighted by Gasteiger charge is -2.05. The van der Waals surface area contributed by atoms with Crippen LogP contribution < -0.4 is 4.74 Å². The summed E-state index contributed by atoms with van der Waals surface area (Å²) in [6.45, 7) is 0. The second-order valence-corrected chi connectivity index (χ2v) is 3.36. The number of Topliss-reactive ketones (excluding diaryl/α,β-unsaturated/α-hetero) is 1. The first kappa shape index (κ1) is 9.65. The second kappa shape index (κ2) is 3.69. The number of rotatable bonds is 1. The predicted octanol–water partition coefficient (Wildman–Crippen LogP) is 1.40. The number of allylic oxidation sites excluding steroid dienone is 1. The summed E-state index contributed by atoms with van der Waals surface area (Å²) < 4.78 is 5.07. The van der Waals surface area contributed by atoms with Crippen LogP contribution in [0.2, 0.25) is 0 Å². The van der Waals surface area contributed by atoms with E-state index in [2.05, 4.69) is 0 Å². The topological polar surface area (TPSA) is 43.4 Å². The third-order valence-electron chi connectivity index (χ3n) is 2.39. The molecule has 3 nitrogen and oxygen atoms in total. The van der Waals surface area contributed by atoms with Crippen LogP contribution in [-0.2, 0) is 16.0 Å². The van der Waals surface area contributed by atoms with Crippen molar-refractivity contribution in [2.24, 2.45) is 0 Å². The summed E-state index contributed by atoms with van der Waals surface area (Å²) >= 11 is 0. The molecule has 0 amide bonds. The molecule has 0 atom stereocenters. The number of benzene rings is 1. The van der Waals surface area contributed by atoms with Crippen molar-refractivity contribution in [1.29, 1.82) is 0 Å². The second-order valence-electron chi connectivity index (χ2n) is 3.36. The first-order valence-electron chi connectivity index (χ1n) is 4.63. The highest BCUT2D eigenvalue weighted by Gasteiger charge is 2.16. The highest BCUT2D eigenvalue weighted by molar-refractivity contribution is 6.43. The number of methoxy groups -OCH3 is 1. The van der Waals surface area contributed by atoms with E-state index >= 15 is 0 Å². The van der Waals surface area contributed by atoms with E-state index in [-0.39, 0.29) is 12.2 Å². The highest BCUT2D eigenvalue weighted by Crippen LogP contribution is 2.21. The van der Waals surface area contributed by atoms with E-state index in [1.54, 1.807) is 19.3 Å². The first-order valence-corrected chi connectivity index (χ1v) is 4.63. The third-order valence-corrected chi connectivity index (χ3v) is 2.39. The van der Waals surface area contributed by atoms with Gasteiger partial charge in [-0.05, 0) is 29.3 Å². The normalized spacial score (nSPS) is 14.7. The standard InChI is InChI=1S/C12H10O3/c1-15-10-4-2-9-7-12(14)11(13)5-3-8(9)6-10/h2-6H,7H2,1H3. The van der Waals surface area contributed by atoms with E-state index in [1.807, 2.05) is 12.1 Å². The Labute approximate surface area is 87.4 Å². The molecular weight excluding hydrogens is 192 g/mol. The maximum atomic E-state index is 11.3. The zero-order valence-electron chi connectivity index (χ0n) is 8.32. The Morgan fingerprint density at radius 1 is 1.20 bits per heavy atom. The van der Waals surface area contributed by atoms with E-state index < -0.39 is 5.78 Å². The molecule has 1 aliphatic carbocycles. The summed E-state index contributed by atoms with van der Waals surface area (Å²) in [6, 6.07) is 5.42. The van der Waals surface area contributed by atoms with E-state index in [1.165, 1.54) is 6.08 Å². The van der Waals surface area contributed by atoms with Crippen molar-refractivity contribution in [3.8, 4) is 5.75 Å². The monoisotopic (exact) mass is 202 g/mol. The van der Waals surface area contributed by atoms with Gasteiger partial charge in [-0.25, -0.2) is 0 Å². The average molecular weight is 202 g/mol. The number of hydrogen-bond donors (Lipinski definition) is 0. The maximum absolute atomic E-state index is 11.3. The van der Waals surface area contributed by atoms with E-state index in [0.29, 0.717) is 0 Å². The SMILES string of the molecule is COc1ccc2c(c1)C=CC(=O)C(=O)C2. The van der Waals surface area contributed by atoms with Crippen LogP contribution in [0.15, 0.2) is 24.3 Å². The zero-order chi connectivity index (χ0) is 10.8. The molecule has 0 aromatic heterocycles. The van der Waals surface area contributed by atoms with Crippen LogP contribution in [-0.4, -0.2) is 18.7 Å². The molecule has 0 fully saturated rings. The van der Waals surface area contributed by atoms with Crippen LogP contribution in [0.4, 0.5) is 0 Å². The molecule has 0 heterocycles. The summed E-state index contributed by atoms with van der Waals surface area (Å²) in [5.41, 5.74) is 1.73. The van der Waals surface area contributed by atoms with Gasteiger partial charge in [0, 0.05) is 6.42 Å². The molecule has 76 valence electrons. The minimum Gasteiger partial charge on any atom is -0.497 e. The Hall–Kier alpha value is -1.90. The van der Waals surface area contributed by atoms with Gasteiger partial charge in [-0.2, -0.15) is 0 Å². The van der Waals surface area contributed by atoms with Crippen molar-refractivity contribution in [2.45, 2.75) is 6.42 Å². The predicted molar refractivity (Wildman–Crippen MR) is 55.7 cm³/mol. The molecular formula is C12H10O3. The molecule has 15 heavy (non-hydrogen) atoms. The molecule has 3 heteroatoms. The molecule has 0 radical (unpaired) electrons. The maximum Gasteiger partial charge on any atom is 0.221 e. The Kier molecular flexibility index (Phi) is 2.37. The van der Waals surface area contributed by atoms with Gasteiger partial charge in [0.15, 0.2) is 0 Å². The molecule has 0 spiro atoms. The van der Waals surface area contributed by atoms with Crippen LogP contribution in [0, 0.1) is 0 Å². The smallest absolute Gasteiger partial charge is 0.221 e. The average Bonchev–Trinajstić information content (AvgIpc) is 2.39. The van der Waals surface area contributed by atoms with Crippen LogP contribution >= 0.6 is 0 Å². The van der Waals surface area contributed by atoms with Crippen molar-refractivity contribution in [2.75, 3.05) is 7.11 Å². The molecule has 0 saturated carbocycles. The van der Waals surface area contributed by atoms with Gasteiger partial charge in [-0.15, -0.1) is 0 Å². The summed E-state index contributed by atoms with van der Waals surface area (Å²) in [4.78, 5) is 22.5. The Morgan fingerprint density at radius 3 is 2.73 bits per heavy atom. The fraction of sp³-hybridized carbons (Fsp3) is 0.167. The van der Waals surface area contributed by atoms with Crippen molar-refractivity contribution in [3.05, 3.63) is 35.4 Å². The summed E-state index contributed by atoms with van der Waals surface area (Å²) in [5.74, 6) is -0.0828. The van der Waals surface area contributed by atoms with Crippen molar-refractivity contribution in [3.63, 3.8) is 0 Å². The minimum atomic E-state index is -0.440. The minimum absolute atomic E-state index is 0.172. The quantitative estimate of drug-likeness (QED) is 0.646. The molecule has 0 unspecified atom stereocenters. The Bertz CT molecular complexity index is 458. The molecule has 0 aliphatic heterocycles. The summed E-state index contributed by atoms with van der Waals surface area (Å²) in [7, 11) is 1.58. The summed E-state index contributed by atoms with van der Waals surface area (Å²) in [6.07, 6.45) is 3.14. The largest absolute Gasteiger partial charge is 0.497 e. The van der Waals surface area contributed by atoms with Gasteiger partial charge >= 0.3 is 0 Å². The van der Waals surface area contributed by atoms with Crippen molar-refractivity contribution >= 4 is 17.6 Å². The summed E-state index contributed by atoms with van der Waals surface area (Å²) in [5, 5.41) is 0. The lowest BCUT2D eigenvalue weighted by Crippen LogP contribution is -2.12. The number of fused-ring (bicyclic) bond motifs is 1. The fourth-order valence-corrected chi connectivity index (χ4v) is 1.53. The van der Waals surface area contributed by atoms with Gasteiger partial charge in [-0.3, -0.25) is 9.59 Å². The third kappa shape index (κ3) is 1.81. The van der Waals surface area contributed by atoms with Crippen molar-refractivity contribution < 1.29 is 14.3 Å². The molecule has 1 aromatic rings. The van der Waals surface area contributed by atoms with Gasteiger partial charge in [-0.1, -0.05) is 12.1 Å². The fourth-order valence-electron chi connectivity index (χ4n) is 1.53. The number of hydrogen-bond acceptors (Lipinski definition) is 3. The Balaban J connectivity index is 2.48. The number of carbonyl (C=O) groups is 2.